The number of benzene rings is 2. The zero-order chi connectivity index (χ0) is 18.3. The van der Waals surface area contributed by atoms with Gasteiger partial charge in [0.2, 0.25) is 0 Å². The smallest absolute Gasteiger partial charge is 0.166 e. The molecule has 1 aromatic heterocycles. The van der Waals surface area contributed by atoms with E-state index in [9.17, 15) is 0 Å². The zero-order valence-electron chi connectivity index (χ0n) is 15.9. The first-order valence-electron chi connectivity index (χ1n) is 9.28. The zero-order valence-corrected chi connectivity index (χ0v) is 15.9. The number of aromatic amines is 1. The van der Waals surface area contributed by atoms with Crippen LogP contribution in [0.4, 0.5) is 0 Å². The van der Waals surface area contributed by atoms with Crippen LogP contribution in [0.5, 0.6) is 11.5 Å². The number of para-hydroxylation sites is 1. The molecule has 0 radical (unpaired) electrons. The summed E-state index contributed by atoms with van der Waals surface area (Å²) in [6, 6.07) is 10.7. The average molecular weight is 350 g/mol. The van der Waals surface area contributed by atoms with Gasteiger partial charge in [0.1, 0.15) is 0 Å². The number of fused-ring (bicyclic) bond motifs is 3. The number of nitrogens with one attached hydrogen (secondary N) is 2. The van der Waals surface area contributed by atoms with Crippen molar-refractivity contribution in [3.8, 4) is 11.5 Å². The Kier molecular flexibility index (Phi) is 4.37. The Morgan fingerprint density at radius 3 is 2.81 bits per heavy atom. The number of ether oxygens (including phenoxy) is 2. The molecule has 0 bridgehead atoms. The topological polar surface area (TPSA) is 46.3 Å². The van der Waals surface area contributed by atoms with Crippen molar-refractivity contribution in [3.05, 3.63) is 58.3 Å². The van der Waals surface area contributed by atoms with Gasteiger partial charge in [0.15, 0.2) is 11.5 Å². The van der Waals surface area contributed by atoms with Crippen molar-refractivity contribution in [2.24, 2.45) is 0 Å². The Morgan fingerprint density at radius 2 is 2.04 bits per heavy atom. The number of H-pyrrole nitrogens is 1. The molecular formula is C22H26N2O2. The van der Waals surface area contributed by atoms with Crippen LogP contribution >= 0.6 is 0 Å². The van der Waals surface area contributed by atoms with Crippen molar-refractivity contribution < 1.29 is 9.47 Å². The second kappa shape index (κ2) is 6.69. The lowest BCUT2D eigenvalue weighted by Gasteiger charge is -2.27. The molecule has 0 amide bonds. The summed E-state index contributed by atoms with van der Waals surface area (Å²) in [4.78, 5) is 3.71. The molecule has 2 heterocycles. The summed E-state index contributed by atoms with van der Waals surface area (Å²) in [5, 5.41) is 5.02. The maximum atomic E-state index is 5.97. The normalized spacial score (nSPS) is 16.5. The maximum absolute atomic E-state index is 5.97. The lowest BCUT2D eigenvalue weighted by molar-refractivity contribution is 0.304. The SMILES string of the molecule is CCOc1c(OC)cccc1C1NCCc2c1[nH]c1c(C)cc(C)cc21. The Labute approximate surface area is 154 Å². The summed E-state index contributed by atoms with van der Waals surface area (Å²) in [6.45, 7) is 7.90. The Hall–Kier alpha value is -2.46. The fraction of sp³-hybridized carbons (Fsp3) is 0.364. The van der Waals surface area contributed by atoms with Gasteiger partial charge in [-0.05, 0) is 50.5 Å². The van der Waals surface area contributed by atoms with Crippen LogP contribution in [-0.4, -0.2) is 25.2 Å². The summed E-state index contributed by atoms with van der Waals surface area (Å²) in [7, 11) is 1.69. The molecule has 4 rings (SSSR count). The maximum Gasteiger partial charge on any atom is 0.166 e. The number of methoxy groups -OCH3 is 1. The molecule has 4 heteroatoms. The Balaban J connectivity index is 1.91. The van der Waals surface area contributed by atoms with Gasteiger partial charge in [0.05, 0.1) is 19.8 Å². The van der Waals surface area contributed by atoms with Crippen LogP contribution in [0.2, 0.25) is 0 Å². The second-order valence-electron chi connectivity index (χ2n) is 6.97. The molecule has 2 N–H and O–H groups in total. The molecule has 0 saturated heterocycles. The minimum atomic E-state index is 0.0718. The lowest BCUT2D eigenvalue weighted by Crippen LogP contribution is -2.30. The van der Waals surface area contributed by atoms with Gasteiger partial charge < -0.3 is 19.8 Å². The van der Waals surface area contributed by atoms with Gasteiger partial charge in [-0.15, -0.1) is 0 Å². The summed E-state index contributed by atoms with van der Waals surface area (Å²) < 4.78 is 11.5. The average Bonchev–Trinajstić information content (AvgIpc) is 3.01. The highest BCUT2D eigenvalue weighted by Gasteiger charge is 2.29. The Morgan fingerprint density at radius 1 is 1.19 bits per heavy atom. The summed E-state index contributed by atoms with van der Waals surface area (Å²) in [5.74, 6) is 1.61. The van der Waals surface area contributed by atoms with E-state index in [2.05, 4.69) is 42.3 Å². The first kappa shape index (κ1) is 17.0. The highest BCUT2D eigenvalue weighted by Crippen LogP contribution is 2.41. The van der Waals surface area contributed by atoms with Crippen LogP contribution in [0, 0.1) is 13.8 Å². The van der Waals surface area contributed by atoms with Crippen molar-refractivity contribution in [1.82, 2.24) is 10.3 Å². The molecule has 0 fully saturated rings. The summed E-state index contributed by atoms with van der Waals surface area (Å²) in [5.41, 5.74) is 7.63. The largest absolute Gasteiger partial charge is 0.493 e. The van der Waals surface area contributed by atoms with E-state index in [0.717, 1.165) is 30.0 Å². The molecule has 26 heavy (non-hydrogen) atoms. The van der Waals surface area contributed by atoms with Crippen molar-refractivity contribution in [3.63, 3.8) is 0 Å². The molecule has 1 atom stereocenters. The van der Waals surface area contributed by atoms with Gasteiger partial charge in [0, 0.05) is 28.7 Å². The standard InChI is InChI=1S/C22H26N2O2/c1-5-26-22-16(7-6-8-18(22)25-4)20-21-15(9-10-23-20)17-12-13(2)11-14(3)19(17)24-21/h6-8,11-12,20,23-24H,5,9-10H2,1-4H3. The second-order valence-corrected chi connectivity index (χ2v) is 6.97. The van der Waals surface area contributed by atoms with Crippen molar-refractivity contribution >= 4 is 10.9 Å². The molecule has 0 aliphatic carbocycles. The molecule has 1 aliphatic rings. The molecule has 3 aromatic rings. The minimum Gasteiger partial charge on any atom is -0.493 e. The number of aromatic nitrogens is 1. The molecular weight excluding hydrogens is 324 g/mol. The fourth-order valence-electron chi connectivity index (χ4n) is 4.17. The van der Waals surface area contributed by atoms with E-state index in [1.54, 1.807) is 7.11 Å². The van der Waals surface area contributed by atoms with E-state index in [1.165, 1.54) is 33.3 Å². The molecule has 4 nitrogen and oxygen atoms in total. The highest BCUT2D eigenvalue weighted by atomic mass is 16.5. The van der Waals surface area contributed by atoms with Gasteiger partial charge in [-0.1, -0.05) is 23.8 Å². The minimum absolute atomic E-state index is 0.0718. The lowest BCUT2D eigenvalue weighted by atomic mass is 9.93. The number of aryl methyl sites for hydroxylation is 2. The van der Waals surface area contributed by atoms with Crippen molar-refractivity contribution in [2.75, 3.05) is 20.3 Å². The van der Waals surface area contributed by atoms with Crippen molar-refractivity contribution in [2.45, 2.75) is 33.2 Å². The van der Waals surface area contributed by atoms with E-state index >= 15 is 0 Å². The van der Waals surface area contributed by atoms with Gasteiger partial charge in [-0.25, -0.2) is 0 Å². The van der Waals surface area contributed by atoms with Crippen LogP contribution in [-0.2, 0) is 6.42 Å². The van der Waals surface area contributed by atoms with E-state index in [-0.39, 0.29) is 6.04 Å². The number of hydrogen-bond donors (Lipinski definition) is 2. The molecule has 136 valence electrons. The third kappa shape index (κ3) is 2.65. The van der Waals surface area contributed by atoms with E-state index in [4.69, 9.17) is 9.47 Å². The van der Waals surface area contributed by atoms with Crippen LogP contribution < -0.4 is 14.8 Å². The first-order valence-corrected chi connectivity index (χ1v) is 9.28. The Bertz CT molecular complexity index is 958. The van der Waals surface area contributed by atoms with E-state index in [1.807, 2.05) is 19.1 Å². The van der Waals surface area contributed by atoms with E-state index < -0.39 is 0 Å². The molecule has 0 spiro atoms. The van der Waals surface area contributed by atoms with Gasteiger partial charge in [0.25, 0.3) is 0 Å². The predicted molar refractivity (Wildman–Crippen MR) is 105 cm³/mol. The van der Waals surface area contributed by atoms with E-state index in [0.29, 0.717) is 6.61 Å². The van der Waals surface area contributed by atoms with Crippen LogP contribution in [0.1, 0.15) is 40.9 Å². The van der Waals surface area contributed by atoms with Gasteiger partial charge in [-0.3, -0.25) is 0 Å². The molecule has 1 unspecified atom stereocenters. The van der Waals surface area contributed by atoms with Gasteiger partial charge in [-0.2, -0.15) is 0 Å². The number of rotatable bonds is 4. The molecule has 1 aliphatic heterocycles. The van der Waals surface area contributed by atoms with Crippen LogP contribution in [0.15, 0.2) is 30.3 Å². The third-order valence-electron chi connectivity index (χ3n) is 5.23. The fourth-order valence-corrected chi connectivity index (χ4v) is 4.17. The first-order chi connectivity index (χ1) is 12.6. The molecule has 0 saturated carbocycles. The quantitative estimate of drug-likeness (QED) is 0.732. The summed E-state index contributed by atoms with van der Waals surface area (Å²) >= 11 is 0. The molecule has 2 aromatic carbocycles. The van der Waals surface area contributed by atoms with Crippen molar-refractivity contribution in [1.29, 1.82) is 0 Å². The van der Waals surface area contributed by atoms with Crippen LogP contribution in [0.3, 0.4) is 0 Å². The summed E-state index contributed by atoms with van der Waals surface area (Å²) in [6.07, 6.45) is 1.03. The van der Waals surface area contributed by atoms with Gasteiger partial charge >= 0.3 is 0 Å². The highest BCUT2D eigenvalue weighted by molar-refractivity contribution is 5.88. The van der Waals surface area contributed by atoms with Crippen LogP contribution in [0.25, 0.3) is 10.9 Å². The monoisotopic (exact) mass is 350 g/mol. The predicted octanol–water partition coefficient (Wildman–Crippen LogP) is 4.43. The number of hydrogen-bond acceptors (Lipinski definition) is 3. The third-order valence-corrected chi connectivity index (χ3v) is 5.23.